The molecule has 0 saturated carbocycles. The number of methoxy groups -OCH3 is 1. The number of ether oxygens (including phenoxy) is 3. The summed E-state index contributed by atoms with van der Waals surface area (Å²) in [4.78, 5) is 26.7. The highest BCUT2D eigenvalue weighted by Gasteiger charge is 2.32. The van der Waals surface area contributed by atoms with Crippen LogP contribution < -0.4 is 30.4 Å². The molecule has 0 aliphatic carbocycles. The van der Waals surface area contributed by atoms with Crippen LogP contribution in [0.4, 0.5) is 10.5 Å². The summed E-state index contributed by atoms with van der Waals surface area (Å²) in [5.41, 5.74) is 5.98. The quantitative estimate of drug-likeness (QED) is 0.132. The molecule has 0 radical (unpaired) electrons. The molecule has 0 unspecified atom stereocenters. The Labute approximate surface area is 228 Å². The van der Waals surface area contributed by atoms with Crippen LogP contribution in [0.25, 0.3) is 0 Å². The van der Waals surface area contributed by atoms with Crippen molar-refractivity contribution in [2.24, 2.45) is 5.10 Å². The van der Waals surface area contributed by atoms with Crippen LogP contribution in [-0.2, 0) is 9.53 Å². The van der Waals surface area contributed by atoms with Crippen molar-refractivity contribution in [3.05, 3.63) is 64.9 Å². The number of urea groups is 1. The Kier molecular flexibility index (Phi) is 10.6. The number of anilines is 1. The van der Waals surface area contributed by atoms with Crippen molar-refractivity contribution in [3.63, 3.8) is 0 Å². The lowest BCUT2D eigenvalue weighted by Crippen LogP contribution is -2.45. The van der Waals surface area contributed by atoms with Gasteiger partial charge >= 0.3 is 12.0 Å². The summed E-state index contributed by atoms with van der Waals surface area (Å²) in [6.45, 7) is 9.82. The average Bonchev–Trinajstić information content (AvgIpc) is 2.93. The number of nitrogens with zero attached hydrogens (tertiary/aromatic N) is 2. The molecule has 2 amide bonds. The van der Waals surface area contributed by atoms with E-state index in [2.05, 4.69) is 39.9 Å². The Hall–Kier alpha value is -4.25. The van der Waals surface area contributed by atoms with Crippen LogP contribution in [0.1, 0.15) is 44.9 Å². The van der Waals surface area contributed by atoms with Gasteiger partial charge in [0.25, 0.3) is 0 Å². The van der Waals surface area contributed by atoms with E-state index >= 15 is 0 Å². The Morgan fingerprint density at radius 1 is 1.13 bits per heavy atom. The van der Waals surface area contributed by atoms with E-state index < -0.39 is 24.3 Å². The summed E-state index contributed by atoms with van der Waals surface area (Å²) < 4.78 is 16.4. The highest BCUT2D eigenvalue weighted by Crippen LogP contribution is 2.34. The summed E-state index contributed by atoms with van der Waals surface area (Å²) >= 11 is 0. The fourth-order valence-electron chi connectivity index (χ4n) is 4.18. The molecular formula is C28H37N5O6. The minimum atomic E-state index is -1.08. The van der Waals surface area contributed by atoms with E-state index in [-0.39, 0.29) is 12.2 Å². The van der Waals surface area contributed by atoms with Gasteiger partial charge in [0.1, 0.15) is 6.61 Å². The first-order chi connectivity index (χ1) is 18.8. The van der Waals surface area contributed by atoms with Gasteiger partial charge in [-0.2, -0.15) is 5.10 Å². The fraction of sp³-hybridized carbons (Fsp3) is 0.393. The first kappa shape index (κ1) is 29.3. The maximum Gasteiger partial charge on any atom is 0.337 e. The predicted octanol–water partition coefficient (Wildman–Crippen LogP) is 3.05. The smallest absolute Gasteiger partial charge is 0.337 e. The van der Waals surface area contributed by atoms with Gasteiger partial charge in [-0.05, 0) is 63.1 Å². The van der Waals surface area contributed by atoms with Crippen molar-refractivity contribution in [2.45, 2.75) is 40.0 Å². The summed E-state index contributed by atoms with van der Waals surface area (Å²) in [6.07, 6.45) is 0.544. The number of amides is 2. The van der Waals surface area contributed by atoms with Crippen molar-refractivity contribution in [1.82, 2.24) is 16.1 Å². The van der Waals surface area contributed by atoms with Crippen LogP contribution in [0.3, 0.4) is 0 Å². The van der Waals surface area contributed by atoms with E-state index in [9.17, 15) is 14.7 Å². The molecule has 210 valence electrons. The topological polar surface area (TPSA) is 134 Å². The highest BCUT2D eigenvalue weighted by molar-refractivity contribution is 5.95. The molecule has 11 heteroatoms. The number of benzene rings is 2. The third kappa shape index (κ3) is 7.64. The number of carbonyl (C=O) groups is 2. The number of rotatable bonds is 13. The number of carbonyl (C=O) groups excluding carboxylic acids is 2. The number of hydrogen-bond donors (Lipinski definition) is 4. The molecule has 1 aliphatic heterocycles. The predicted molar refractivity (Wildman–Crippen MR) is 149 cm³/mol. The Balaban J connectivity index is 1.65. The summed E-state index contributed by atoms with van der Waals surface area (Å²) in [5.74, 6) is 0.226. The van der Waals surface area contributed by atoms with Gasteiger partial charge in [0.15, 0.2) is 17.7 Å². The van der Waals surface area contributed by atoms with E-state index in [1.165, 1.54) is 7.11 Å². The van der Waals surface area contributed by atoms with Gasteiger partial charge in [-0.25, -0.2) is 9.59 Å². The average molecular weight is 540 g/mol. The monoisotopic (exact) mass is 539 g/mol. The van der Waals surface area contributed by atoms with Gasteiger partial charge in [-0.1, -0.05) is 18.2 Å². The molecule has 0 fully saturated rings. The van der Waals surface area contributed by atoms with Crippen LogP contribution >= 0.6 is 0 Å². The van der Waals surface area contributed by atoms with Crippen LogP contribution in [0.5, 0.6) is 11.5 Å². The zero-order chi connectivity index (χ0) is 28.4. The second kappa shape index (κ2) is 14.1. The summed E-state index contributed by atoms with van der Waals surface area (Å²) in [6, 6.07) is 11.9. The lowest BCUT2D eigenvalue weighted by molar-refractivity contribution is -0.136. The van der Waals surface area contributed by atoms with Gasteiger partial charge < -0.3 is 34.9 Å². The third-order valence-electron chi connectivity index (χ3n) is 6.13. The number of hydrazone groups is 1. The van der Waals surface area contributed by atoms with Crippen LogP contribution in [-0.4, -0.2) is 63.0 Å². The molecule has 1 heterocycles. The molecule has 4 N–H and O–H groups in total. The molecule has 2 atom stereocenters. The second-order valence-electron chi connectivity index (χ2n) is 8.68. The molecule has 3 rings (SSSR count). The second-order valence-corrected chi connectivity index (χ2v) is 8.68. The van der Waals surface area contributed by atoms with Crippen molar-refractivity contribution in [1.29, 1.82) is 0 Å². The SMILES string of the molecule is CCOc1cc([C@@H]2NC(=O)NC(C)=C2C(=O)OC)ccc1OC[C@H](O)N/N=C\c1ccc(N(CC)CC)cc1. The molecule has 2 aromatic carbocycles. The highest BCUT2D eigenvalue weighted by atomic mass is 16.5. The maximum atomic E-state index is 12.4. The van der Waals surface area contributed by atoms with Crippen molar-refractivity contribution >= 4 is 23.9 Å². The zero-order valence-electron chi connectivity index (χ0n) is 23.0. The molecule has 0 bridgehead atoms. The Morgan fingerprint density at radius 2 is 1.85 bits per heavy atom. The van der Waals surface area contributed by atoms with Gasteiger partial charge in [0, 0.05) is 24.5 Å². The molecule has 0 aromatic heterocycles. The zero-order valence-corrected chi connectivity index (χ0v) is 23.0. The van der Waals surface area contributed by atoms with E-state index in [1.54, 1.807) is 31.3 Å². The standard InChI is InChI=1S/C28H37N5O6/c1-6-33(7-2)21-12-9-19(10-13-21)16-29-32-24(34)17-39-22-14-11-20(15-23(22)38-8-3)26-25(27(35)37-5)18(4)30-28(36)31-26/h9-16,24,26,32,34H,6-8,17H2,1-5H3,(H2,30,31,36)/b29-16-/t24-,26-/m0/s1. The van der Waals surface area contributed by atoms with Crippen molar-refractivity contribution < 1.29 is 28.9 Å². The first-order valence-electron chi connectivity index (χ1n) is 12.9. The number of aliphatic hydroxyl groups is 1. The van der Waals surface area contributed by atoms with Crippen LogP contribution in [0, 0.1) is 0 Å². The lowest BCUT2D eigenvalue weighted by Gasteiger charge is -2.28. The molecule has 0 spiro atoms. The van der Waals surface area contributed by atoms with E-state index in [0.29, 0.717) is 29.4 Å². The third-order valence-corrected chi connectivity index (χ3v) is 6.13. The van der Waals surface area contributed by atoms with E-state index in [4.69, 9.17) is 14.2 Å². The van der Waals surface area contributed by atoms with E-state index in [1.807, 2.05) is 31.2 Å². The molecular weight excluding hydrogens is 502 g/mol. The first-order valence-corrected chi connectivity index (χ1v) is 12.9. The largest absolute Gasteiger partial charge is 0.490 e. The van der Waals surface area contributed by atoms with Crippen molar-refractivity contribution in [3.8, 4) is 11.5 Å². The van der Waals surface area contributed by atoms with E-state index in [0.717, 1.165) is 24.3 Å². The number of allylic oxidation sites excluding steroid dienone is 1. The van der Waals surface area contributed by atoms with Gasteiger partial charge in [0.05, 0.1) is 31.5 Å². The normalized spacial score (nSPS) is 15.8. The van der Waals surface area contributed by atoms with Gasteiger partial charge in [-0.15, -0.1) is 0 Å². The number of nitrogens with one attached hydrogen (secondary N) is 3. The molecule has 2 aromatic rings. The molecule has 1 aliphatic rings. The molecule has 0 saturated heterocycles. The van der Waals surface area contributed by atoms with Gasteiger partial charge in [0.2, 0.25) is 0 Å². The Morgan fingerprint density at radius 3 is 2.49 bits per heavy atom. The number of hydrogen-bond acceptors (Lipinski definition) is 9. The molecule has 11 nitrogen and oxygen atoms in total. The van der Waals surface area contributed by atoms with Crippen molar-refractivity contribution in [2.75, 3.05) is 38.3 Å². The van der Waals surface area contributed by atoms with Crippen LogP contribution in [0.2, 0.25) is 0 Å². The number of aliphatic hydroxyl groups excluding tert-OH is 1. The molecule has 39 heavy (non-hydrogen) atoms. The maximum absolute atomic E-state index is 12.4. The summed E-state index contributed by atoms with van der Waals surface area (Å²) in [7, 11) is 1.28. The number of esters is 1. The van der Waals surface area contributed by atoms with Gasteiger partial charge in [-0.3, -0.25) is 5.43 Å². The van der Waals surface area contributed by atoms with Crippen LogP contribution in [0.15, 0.2) is 58.8 Å². The minimum Gasteiger partial charge on any atom is -0.490 e. The lowest BCUT2D eigenvalue weighted by atomic mass is 9.95. The fourth-order valence-corrected chi connectivity index (χ4v) is 4.18. The minimum absolute atomic E-state index is 0.103. The summed E-state index contributed by atoms with van der Waals surface area (Å²) in [5, 5.41) is 19.8. The Bertz CT molecular complexity index is 1190.